The normalized spacial score (nSPS) is 12.9. The third-order valence-corrected chi connectivity index (χ3v) is 12.3. The number of benzene rings is 4. The van der Waals surface area contributed by atoms with Gasteiger partial charge in [0.1, 0.15) is 0 Å². The molecule has 9 rings (SSSR count). The summed E-state index contributed by atoms with van der Waals surface area (Å²) in [5.41, 5.74) is 20.0. The van der Waals surface area contributed by atoms with Gasteiger partial charge in [-0.3, -0.25) is 0 Å². The lowest BCUT2D eigenvalue weighted by Crippen LogP contribution is -2.10. The average Bonchev–Trinajstić information content (AvgIpc) is 4.09. The van der Waals surface area contributed by atoms with E-state index in [1.54, 1.807) is 0 Å². The lowest BCUT2D eigenvalue weighted by molar-refractivity contribution is 0.282. The molecule has 2 aliphatic heterocycles. The van der Waals surface area contributed by atoms with Crippen LogP contribution in [0.1, 0.15) is 107 Å². The van der Waals surface area contributed by atoms with Gasteiger partial charge in [-0.25, -0.2) is 9.97 Å². The Hall–Kier alpha value is -6.56. The Morgan fingerprint density at radius 3 is 1.02 bits per heavy atom. The fourth-order valence-corrected chi connectivity index (χ4v) is 8.71. The van der Waals surface area contributed by atoms with Crippen LogP contribution in [0.5, 0.6) is 0 Å². The number of H-pyrrole nitrogens is 2. The molecular formula is C57H56N4O. The van der Waals surface area contributed by atoms with Crippen LogP contribution in [0.25, 0.3) is 90.9 Å². The molecule has 0 aliphatic carbocycles. The van der Waals surface area contributed by atoms with Gasteiger partial charge in [0.25, 0.3) is 0 Å². The van der Waals surface area contributed by atoms with Crippen LogP contribution in [0.2, 0.25) is 0 Å². The van der Waals surface area contributed by atoms with E-state index in [0.29, 0.717) is 0 Å². The van der Waals surface area contributed by atoms with Gasteiger partial charge in [-0.2, -0.15) is 0 Å². The summed E-state index contributed by atoms with van der Waals surface area (Å²) in [5, 5.41) is 10.7. The molecule has 4 aromatic carbocycles. The Morgan fingerprint density at radius 2 is 0.694 bits per heavy atom. The minimum absolute atomic E-state index is 0.0127. The third kappa shape index (κ3) is 7.67. The molecule has 0 unspecified atom stereocenters. The van der Waals surface area contributed by atoms with Gasteiger partial charge in [0.15, 0.2) is 0 Å². The minimum Gasteiger partial charge on any atom is -0.392 e. The maximum absolute atomic E-state index is 10.7. The van der Waals surface area contributed by atoms with Gasteiger partial charge < -0.3 is 15.1 Å². The second kappa shape index (κ2) is 15.4. The zero-order valence-corrected chi connectivity index (χ0v) is 37.4. The number of aromatic amines is 2. The van der Waals surface area contributed by atoms with Crippen molar-refractivity contribution >= 4 is 46.4 Å². The molecule has 8 bridgehead atoms. The molecule has 0 saturated carbocycles. The molecule has 0 fully saturated rings. The Bertz CT molecular complexity index is 3010. The monoisotopic (exact) mass is 812 g/mol. The van der Waals surface area contributed by atoms with E-state index < -0.39 is 0 Å². The van der Waals surface area contributed by atoms with Crippen LogP contribution in [0.15, 0.2) is 121 Å². The number of aliphatic hydroxyl groups is 1. The number of nitrogens with zero attached hydrogens (tertiary/aromatic N) is 2. The van der Waals surface area contributed by atoms with Crippen LogP contribution in [-0.4, -0.2) is 25.0 Å². The minimum atomic E-state index is -0.0982. The van der Waals surface area contributed by atoms with Gasteiger partial charge in [-0.15, -0.1) is 0 Å². The fraction of sp³-hybridized carbons (Fsp3) is 0.228. The molecule has 0 atom stereocenters. The van der Waals surface area contributed by atoms with Crippen LogP contribution in [0.3, 0.4) is 0 Å². The van der Waals surface area contributed by atoms with Gasteiger partial charge in [0.05, 0.1) is 29.4 Å². The second-order valence-electron chi connectivity index (χ2n) is 19.8. The molecule has 0 spiro atoms. The number of aliphatic hydroxyl groups excluding tert-OH is 1. The molecule has 310 valence electrons. The summed E-state index contributed by atoms with van der Waals surface area (Å²) >= 11 is 0. The van der Waals surface area contributed by atoms with Gasteiger partial charge in [-0.05, 0) is 109 Å². The Labute approximate surface area is 366 Å². The Balaban J connectivity index is 1.43. The SMILES string of the molecule is CC(C)(C)c1ccc(-c2c3nc(c(-c4ccc(C(C)(C)C)cc4)c4ccc([nH]4)c(-c4ccccc4CO)c4nc(c(-c5ccc(C(C)(C)C)cc5)c5ccc2[nH]5)C=C4)C=C3)cc1. The quantitative estimate of drug-likeness (QED) is 0.162. The molecule has 0 radical (unpaired) electrons. The first-order valence-electron chi connectivity index (χ1n) is 21.7. The topological polar surface area (TPSA) is 77.6 Å². The molecule has 5 nitrogen and oxygen atoms in total. The predicted molar refractivity (Wildman–Crippen MR) is 263 cm³/mol. The molecule has 5 heteroatoms. The number of hydrogen-bond donors (Lipinski definition) is 3. The number of nitrogens with one attached hydrogen (secondary N) is 2. The highest BCUT2D eigenvalue weighted by molar-refractivity contribution is 6.00. The van der Waals surface area contributed by atoms with Crippen molar-refractivity contribution < 1.29 is 5.11 Å². The third-order valence-electron chi connectivity index (χ3n) is 12.3. The lowest BCUT2D eigenvalue weighted by Gasteiger charge is -2.19. The van der Waals surface area contributed by atoms with E-state index in [0.717, 1.165) is 94.9 Å². The summed E-state index contributed by atoms with van der Waals surface area (Å²) in [6.07, 6.45) is 8.55. The summed E-state index contributed by atoms with van der Waals surface area (Å²) in [7, 11) is 0. The summed E-state index contributed by atoms with van der Waals surface area (Å²) in [5.74, 6) is 0. The van der Waals surface area contributed by atoms with E-state index in [4.69, 9.17) is 9.97 Å². The molecule has 2 aliphatic rings. The first kappa shape index (κ1) is 40.8. The average molecular weight is 813 g/mol. The molecule has 5 heterocycles. The number of aromatic nitrogens is 4. The lowest BCUT2D eigenvalue weighted by atomic mass is 9.86. The van der Waals surface area contributed by atoms with E-state index in [2.05, 4.69) is 200 Å². The smallest absolute Gasteiger partial charge is 0.0737 e. The molecular weight excluding hydrogens is 757 g/mol. The van der Waals surface area contributed by atoms with Gasteiger partial charge in [0.2, 0.25) is 0 Å². The van der Waals surface area contributed by atoms with Crippen LogP contribution < -0.4 is 0 Å². The molecule has 3 N–H and O–H groups in total. The number of hydrogen-bond acceptors (Lipinski definition) is 3. The van der Waals surface area contributed by atoms with Crippen molar-refractivity contribution in [3.63, 3.8) is 0 Å². The highest BCUT2D eigenvalue weighted by Gasteiger charge is 2.22. The Kier molecular flexibility index (Phi) is 10.1. The maximum atomic E-state index is 10.7. The van der Waals surface area contributed by atoms with E-state index >= 15 is 0 Å². The second-order valence-corrected chi connectivity index (χ2v) is 19.8. The van der Waals surface area contributed by atoms with Crippen molar-refractivity contribution in [1.82, 2.24) is 19.9 Å². The van der Waals surface area contributed by atoms with Crippen LogP contribution in [-0.2, 0) is 22.9 Å². The van der Waals surface area contributed by atoms with E-state index in [1.807, 2.05) is 18.2 Å². The zero-order chi connectivity index (χ0) is 43.6. The van der Waals surface area contributed by atoms with Crippen molar-refractivity contribution in [2.24, 2.45) is 0 Å². The summed E-state index contributed by atoms with van der Waals surface area (Å²) < 4.78 is 0. The Morgan fingerprint density at radius 1 is 0.387 bits per heavy atom. The molecule has 3 aromatic heterocycles. The largest absolute Gasteiger partial charge is 0.392 e. The molecule has 0 saturated heterocycles. The highest BCUT2D eigenvalue weighted by atomic mass is 16.3. The summed E-state index contributed by atoms with van der Waals surface area (Å²) in [6.45, 7) is 20.1. The molecule has 0 amide bonds. The van der Waals surface area contributed by atoms with Crippen LogP contribution >= 0.6 is 0 Å². The van der Waals surface area contributed by atoms with Crippen LogP contribution in [0, 0.1) is 0 Å². The maximum Gasteiger partial charge on any atom is 0.0737 e. The van der Waals surface area contributed by atoms with Gasteiger partial charge in [-0.1, -0.05) is 159 Å². The number of rotatable bonds is 5. The number of fused-ring (bicyclic) bond motifs is 8. The first-order valence-corrected chi connectivity index (χ1v) is 21.7. The molecule has 7 aromatic rings. The van der Waals surface area contributed by atoms with Crippen molar-refractivity contribution in [3.05, 3.63) is 166 Å². The van der Waals surface area contributed by atoms with Crippen LogP contribution in [0.4, 0.5) is 0 Å². The predicted octanol–water partition coefficient (Wildman–Crippen LogP) is 14.7. The fourth-order valence-electron chi connectivity index (χ4n) is 8.71. The van der Waals surface area contributed by atoms with Crippen molar-refractivity contribution in [2.75, 3.05) is 0 Å². The molecule has 62 heavy (non-hydrogen) atoms. The first-order chi connectivity index (χ1) is 29.6. The van der Waals surface area contributed by atoms with Gasteiger partial charge in [0, 0.05) is 44.3 Å². The van der Waals surface area contributed by atoms with Crippen molar-refractivity contribution in [3.8, 4) is 44.5 Å². The van der Waals surface area contributed by atoms with E-state index in [1.165, 1.54) is 16.7 Å². The summed E-state index contributed by atoms with van der Waals surface area (Å²) in [6, 6.07) is 43.5. The van der Waals surface area contributed by atoms with Crippen molar-refractivity contribution in [2.45, 2.75) is 85.2 Å². The summed E-state index contributed by atoms with van der Waals surface area (Å²) in [4.78, 5) is 18.8. The van der Waals surface area contributed by atoms with E-state index in [-0.39, 0.29) is 22.9 Å². The highest BCUT2D eigenvalue weighted by Crippen LogP contribution is 2.40. The van der Waals surface area contributed by atoms with Crippen molar-refractivity contribution in [1.29, 1.82) is 0 Å². The van der Waals surface area contributed by atoms with E-state index in [9.17, 15) is 5.11 Å². The zero-order valence-electron chi connectivity index (χ0n) is 37.4. The standard InChI is InChI=1S/C57H56N4O/c1-55(2,3)39-20-14-35(15-21-39)51-43-26-28-45(58-43)52(36-16-22-40(23-17-36)56(4,5)6)47-30-32-49(60-47)54(42-13-11-10-12-38(42)34-62)50-33-31-48(61-50)53(46-29-27-44(51)59-46)37-18-24-41(25-19-37)57(7,8)9/h10-33,58,61-62H,34H2,1-9H3. The van der Waals surface area contributed by atoms with Gasteiger partial charge >= 0.3 is 0 Å².